The molecule has 2 rings (SSSR count). The SMILES string of the molecule is CC(=O)C1(C(C)(C)O)C=CC(c2ccccc2)C=C1. The van der Waals surface area contributed by atoms with Gasteiger partial charge in [-0.1, -0.05) is 54.6 Å². The lowest BCUT2D eigenvalue weighted by molar-refractivity contribution is -0.131. The Balaban J connectivity index is 2.34. The second-order valence-electron chi connectivity index (χ2n) is 5.64. The third-order valence-electron chi connectivity index (χ3n) is 3.91. The first-order chi connectivity index (χ1) is 8.87. The molecule has 0 saturated heterocycles. The molecular formula is C17H20O2. The van der Waals surface area contributed by atoms with Crippen molar-refractivity contribution >= 4 is 5.78 Å². The van der Waals surface area contributed by atoms with E-state index < -0.39 is 11.0 Å². The van der Waals surface area contributed by atoms with Crippen LogP contribution in [0.5, 0.6) is 0 Å². The van der Waals surface area contributed by atoms with E-state index in [0.717, 1.165) is 0 Å². The van der Waals surface area contributed by atoms with Crippen LogP contribution in [0.4, 0.5) is 0 Å². The molecule has 0 saturated carbocycles. The molecule has 1 aromatic rings. The Morgan fingerprint density at radius 1 is 1.16 bits per heavy atom. The number of benzene rings is 1. The molecule has 19 heavy (non-hydrogen) atoms. The van der Waals surface area contributed by atoms with Crippen LogP contribution in [-0.4, -0.2) is 16.5 Å². The van der Waals surface area contributed by atoms with Gasteiger partial charge in [0.05, 0.1) is 11.0 Å². The number of rotatable bonds is 3. The number of carbonyl (C=O) groups is 1. The van der Waals surface area contributed by atoms with E-state index in [2.05, 4.69) is 12.1 Å². The summed E-state index contributed by atoms with van der Waals surface area (Å²) in [6, 6.07) is 10.1. The van der Waals surface area contributed by atoms with E-state index in [-0.39, 0.29) is 11.7 Å². The van der Waals surface area contributed by atoms with E-state index in [9.17, 15) is 9.90 Å². The number of Topliss-reactive ketones (excluding diaryl/α,β-unsaturated/α-hetero) is 1. The molecule has 2 nitrogen and oxygen atoms in total. The van der Waals surface area contributed by atoms with E-state index in [4.69, 9.17) is 0 Å². The zero-order valence-corrected chi connectivity index (χ0v) is 11.6. The highest BCUT2D eigenvalue weighted by Gasteiger charge is 2.45. The van der Waals surface area contributed by atoms with Crippen LogP contribution in [0.15, 0.2) is 54.6 Å². The molecule has 0 radical (unpaired) electrons. The number of ketones is 1. The van der Waals surface area contributed by atoms with Crippen molar-refractivity contribution in [3.63, 3.8) is 0 Å². The minimum absolute atomic E-state index is 0.0426. The Morgan fingerprint density at radius 3 is 2.11 bits per heavy atom. The number of aliphatic hydroxyl groups is 1. The minimum atomic E-state index is -1.10. The van der Waals surface area contributed by atoms with Crippen LogP contribution >= 0.6 is 0 Å². The Hall–Kier alpha value is -1.67. The van der Waals surface area contributed by atoms with Crippen LogP contribution in [-0.2, 0) is 4.79 Å². The first-order valence-corrected chi connectivity index (χ1v) is 6.54. The van der Waals surface area contributed by atoms with Gasteiger partial charge in [0.1, 0.15) is 5.78 Å². The summed E-state index contributed by atoms with van der Waals surface area (Å²) in [6.07, 6.45) is 7.67. The summed E-state index contributed by atoms with van der Waals surface area (Å²) in [4.78, 5) is 11.9. The van der Waals surface area contributed by atoms with Crippen LogP contribution in [0.3, 0.4) is 0 Å². The fourth-order valence-electron chi connectivity index (χ4n) is 2.60. The van der Waals surface area contributed by atoms with E-state index in [1.54, 1.807) is 13.8 Å². The summed E-state index contributed by atoms with van der Waals surface area (Å²) < 4.78 is 0. The van der Waals surface area contributed by atoms with Crippen LogP contribution in [0.2, 0.25) is 0 Å². The predicted octanol–water partition coefficient (Wildman–Crippen LogP) is 3.24. The Morgan fingerprint density at radius 2 is 1.68 bits per heavy atom. The molecule has 2 heteroatoms. The van der Waals surface area contributed by atoms with Gasteiger partial charge in [-0.05, 0) is 26.3 Å². The normalized spacial score (nSPS) is 26.4. The first kappa shape index (κ1) is 13.8. The molecular weight excluding hydrogens is 236 g/mol. The Labute approximate surface area is 114 Å². The minimum Gasteiger partial charge on any atom is -0.389 e. The van der Waals surface area contributed by atoms with Crippen molar-refractivity contribution in [1.29, 1.82) is 0 Å². The molecule has 0 bridgehead atoms. The van der Waals surface area contributed by atoms with Gasteiger partial charge in [-0.25, -0.2) is 0 Å². The van der Waals surface area contributed by atoms with Gasteiger partial charge < -0.3 is 5.11 Å². The van der Waals surface area contributed by atoms with Crippen molar-refractivity contribution in [2.75, 3.05) is 0 Å². The lowest BCUT2D eigenvalue weighted by Gasteiger charge is -2.39. The highest BCUT2D eigenvalue weighted by molar-refractivity contribution is 5.88. The van der Waals surface area contributed by atoms with Crippen molar-refractivity contribution in [2.24, 2.45) is 5.41 Å². The molecule has 0 aliphatic heterocycles. The summed E-state index contributed by atoms with van der Waals surface area (Å²) >= 11 is 0. The van der Waals surface area contributed by atoms with Crippen LogP contribution in [0.1, 0.15) is 32.3 Å². The molecule has 100 valence electrons. The third kappa shape index (κ3) is 2.41. The van der Waals surface area contributed by atoms with Gasteiger partial charge in [-0.2, -0.15) is 0 Å². The van der Waals surface area contributed by atoms with Gasteiger partial charge in [-0.15, -0.1) is 0 Å². The van der Waals surface area contributed by atoms with Crippen molar-refractivity contribution in [1.82, 2.24) is 0 Å². The van der Waals surface area contributed by atoms with Crippen LogP contribution < -0.4 is 0 Å². The second-order valence-corrected chi connectivity index (χ2v) is 5.64. The summed E-state index contributed by atoms with van der Waals surface area (Å²) in [5, 5.41) is 10.3. The van der Waals surface area contributed by atoms with E-state index >= 15 is 0 Å². The van der Waals surface area contributed by atoms with Gasteiger partial charge in [-0.3, -0.25) is 4.79 Å². The van der Waals surface area contributed by atoms with Gasteiger partial charge in [0, 0.05) is 5.92 Å². The maximum absolute atomic E-state index is 11.9. The monoisotopic (exact) mass is 256 g/mol. The fraction of sp³-hybridized carbons (Fsp3) is 0.353. The highest BCUT2D eigenvalue weighted by Crippen LogP contribution is 2.40. The standard InChI is InChI=1S/C17H20O2/c1-13(18)17(16(2,3)19)11-9-15(10-12-17)14-7-5-4-6-8-14/h4-12,15,19H,1-3H3. The van der Waals surface area contributed by atoms with Crippen molar-refractivity contribution in [3.05, 3.63) is 60.2 Å². The zero-order chi connectivity index (χ0) is 14.1. The maximum Gasteiger partial charge on any atom is 0.146 e. The molecule has 0 unspecified atom stereocenters. The molecule has 0 atom stereocenters. The molecule has 0 spiro atoms. The van der Waals surface area contributed by atoms with Gasteiger partial charge in [0.2, 0.25) is 0 Å². The first-order valence-electron chi connectivity index (χ1n) is 6.54. The summed E-state index contributed by atoms with van der Waals surface area (Å²) in [7, 11) is 0. The highest BCUT2D eigenvalue weighted by atomic mass is 16.3. The van der Waals surface area contributed by atoms with Crippen molar-refractivity contribution in [2.45, 2.75) is 32.3 Å². The van der Waals surface area contributed by atoms with Crippen LogP contribution in [0, 0.1) is 5.41 Å². The molecule has 1 aliphatic carbocycles. The zero-order valence-electron chi connectivity index (χ0n) is 11.6. The van der Waals surface area contributed by atoms with Crippen molar-refractivity contribution < 1.29 is 9.90 Å². The third-order valence-corrected chi connectivity index (χ3v) is 3.91. The molecule has 0 heterocycles. The molecule has 1 aromatic carbocycles. The van der Waals surface area contributed by atoms with Gasteiger partial charge in [0.25, 0.3) is 0 Å². The Kier molecular flexibility index (Phi) is 3.46. The topological polar surface area (TPSA) is 37.3 Å². The lowest BCUT2D eigenvalue weighted by atomic mass is 9.67. The van der Waals surface area contributed by atoms with Gasteiger partial charge in [0.15, 0.2) is 0 Å². The lowest BCUT2D eigenvalue weighted by Crippen LogP contribution is -2.46. The number of carbonyl (C=O) groups excluding carboxylic acids is 1. The molecule has 0 aromatic heterocycles. The average molecular weight is 256 g/mol. The van der Waals surface area contributed by atoms with E-state index in [0.29, 0.717) is 0 Å². The van der Waals surface area contributed by atoms with Crippen molar-refractivity contribution in [3.8, 4) is 0 Å². The summed E-state index contributed by atoms with van der Waals surface area (Å²) in [5.41, 5.74) is -0.839. The number of allylic oxidation sites excluding steroid dienone is 2. The second kappa shape index (κ2) is 4.78. The predicted molar refractivity (Wildman–Crippen MR) is 76.9 cm³/mol. The number of hydrogen-bond donors (Lipinski definition) is 1. The fourth-order valence-corrected chi connectivity index (χ4v) is 2.60. The summed E-state index contributed by atoms with van der Waals surface area (Å²) in [5.74, 6) is 0.120. The largest absolute Gasteiger partial charge is 0.389 e. The molecule has 0 amide bonds. The quantitative estimate of drug-likeness (QED) is 0.843. The maximum atomic E-state index is 11.9. The van der Waals surface area contributed by atoms with E-state index in [1.807, 2.05) is 42.5 Å². The Bertz CT molecular complexity index is 504. The number of hydrogen-bond acceptors (Lipinski definition) is 2. The molecule has 1 aliphatic rings. The van der Waals surface area contributed by atoms with Crippen LogP contribution in [0.25, 0.3) is 0 Å². The van der Waals surface area contributed by atoms with E-state index in [1.165, 1.54) is 12.5 Å². The van der Waals surface area contributed by atoms with Gasteiger partial charge >= 0.3 is 0 Å². The average Bonchev–Trinajstić information content (AvgIpc) is 2.38. The molecule has 0 fully saturated rings. The molecule has 1 N–H and O–H groups in total. The summed E-state index contributed by atoms with van der Waals surface area (Å²) in [6.45, 7) is 4.87. The smallest absolute Gasteiger partial charge is 0.146 e.